The lowest BCUT2D eigenvalue weighted by Gasteiger charge is -2.46. The standard InChI is InChI=1S/C71H115NO13/c1-3-5-7-9-11-13-15-16-17-18-19-20-21-22-23-24-25-26-27-28-29-30-31-32-33-34-35-36-37-38-39-40-41-42-43-44-45-47-49-51-53-55-63(76)72-59(60(75)54-52-50-48-46-14-12-10-8-6-4-2)58-82-70-68(81)66(79)69(62(57-74)84-70)85-71-67(80)65(78)64(77)61(56-73)83-71/h5,7,11,13-14,16-17,19-20,22-23,25-26,28-29,31-32,34-35,37-38,46,52,54,59-62,64-71,73-75,77-81H,3-4,6,8-10,12,15,18,21,24,27,30,33,36,39-45,47-51,53,55-58H2,1-2H3,(H,72,76)/b7-5-,13-11-,17-16-,20-19-,23-22-,26-25-,29-28-,32-31-,35-34-,38-37-,46-14+,54-52+. The van der Waals surface area contributed by atoms with E-state index in [0.717, 1.165) is 109 Å². The van der Waals surface area contributed by atoms with E-state index in [0.29, 0.717) is 12.8 Å². The van der Waals surface area contributed by atoms with E-state index in [-0.39, 0.29) is 18.9 Å². The summed E-state index contributed by atoms with van der Waals surface area (Å²) in [6.07, 6.45) is 65.0. The second kappa shape index (κ2) is 54.1. The smallest absolute Gasteiger partial charge is 0.220 e. The largest absolute Gasteiger partial charge is 0.394 e. The van der Waals surface area contributed by atoms with Gasteiger partial charge in [-0.1, -0.05) is 230 Å². The quantitative estimate of drug-likeness (QED) is 0.0204. The van der Waals surface area contributed by atoms with Gasteiger partial charge in [-0.25, -0.2) is 0 Å². The van der Waals surface area contributed by atoms with Crippen LogP contribution in [0.25, 0.3) is 0 Å². The molecule has 2 aliphatic rings. The van der Waals surface area contributed by atoms with Gasteiger partial charge in [-0.3, -0.25) is 4.79 Å². The summed E-state index contributed by atoms with van der Waals surface area (Å²) in [6, 6.07) is -0.942. The van der Waals surface area contributed by atoms with Gasteiger partial charge in [-0.05, 0) is 109 Å². The van der Waals surface area contributed by atoms with E-state index in [4.69, 9.17) is 18.9 Å². The average Bonchev–Trinajstić information content (AvgIpc) is 2.93. The van der Waals surface area contributed by atoms with Gasteiger partial charge in [-0.15, -0.1) is 0 Å². The molecule has 0 aromatic rings. The maximum Gasteiger partial charge on any atom is 0.220 e. The fourth-order valence-corrected chi connectivity index (χ4v) is 9.57. The molecule has 14 nitrogen and oxygen atoms in total. The third-order valence-electron chi connectivity index (χ3n) is 14.8. The van der Waals surface area contributed by atoms with Gasteiger partial charge in [0, 0.05) is 6.42 Å². The van der Waals surface area contributed by atoms with Crippen LogP contribution in [-0.4, -0.2) is 140 Å². The molecule has 14 heteroatoms. The predicted molar refractivity (Wildman–Crippen MR) is 345 cm³/mol. The van der Waals surface area contributed by atoms with Crippen LogP contribution in [0, 0.1) is 0 Å². The first-order chi connectivity index (χ1) is 41.6. The Bertz CT molecular complexity index is 1980. The van der Waals surface area contributed by atoms with Crippen molar-refractivity contribution < 1.29 is 64.6 Å². The molecule has 0 saturated carbocycles. The summed E-state index contributed by atoms with van der Waals surface area (Å²) in [5.41, 5.74) is 0. The minimum Gasteiger partial charge on any atom is -0.394 e. The number of hydrogen-bond acceptors (Lipinski definition) is 13. The van der Waals surface area contributed by atoms with Gasteiger partial charge in [0.1, 0.15) is 48.8 Å². The molecule has 2 fully saturated rings. The molecule has 9 N–H and O–H groups in total. The first-order valence-electron chi connectivity index (χ1n) is 32.6. The molecule has 2 rings (SSSR count). The zero-order valence-electron chi connectivity index (χ0n) is 52.0. The lowest BCUT2D eigenvalue weighted by atomic mass is 9.97. The van der Waals surface area contributed by atoms with Gasteiger partial charge in [0.05, 0.1) is 32.0 Å². The lowest BCUT2D eigenvalue weighted by Crippen LogP contribution is -2.65. The first-order valence-corrected chi connectivity index (χ1v) is 32.6. The molecule has 12 atom stereocenters. The third-order valence-corrected chi connectivity index (χ3v) is 14.8. The van der Waals surface area contributed by atoms with E-state index in [1.54, 1.807) is 6.08 Å². The molecule has 482 valence electrons. The Morgan fingerprint density at radius 2 is 0.824 bits per heavy atom. The van der Waals surface area contributed by atoms with E-state index in [1.165, 1.54) is 57.8 Å². The van der Waals surface area contributed by atoms with Crippen LogP contribution in [-0.2, 0) is 23.7 Å². The highest BCUT2D eigenvalue weighted by molar-refractivity contribution is 5.76. The molecule has 2 saturated heterocycles. The van der Waals surface area contributed by atoms with E-state index < -0.39 is 86.8 Å². The van der Waals surface area contributed by atoms with Crippen LogP contribution in [0.4, 0.5) is 0 Å². The van der Waals surface area contributed by atoms with Crippen LogP contribution in [0.3, 0.4) is 0 Å². The summed E-state index contributed by atoms with van der Waals surface area (Å²) in [4.78, 5) is 13.2. The van der Waals surface area contributed by atoms with Crippen molar-refractivity contribution in [1.82, 2.24) is 5.32 Å². The number of ether oxygens (including phenoxy) is 4. The second-order valence-corrected chi connectivity index (χ2v) is 22.1. The molecule has 0 aromatic carbocycles. The number of hydrogen-bond donors (Lipinski definition) is 9. The first kappa shape index (κ1) is 77.0. The summed E-state index contributed by atoms with van der Waals surface area (Å²) < 4.78 is 22.7. The number of amides is 1. The van der Waals surface area contributed by atoms with Crippen molar-refractivity contribution in [2.24, 2.45) is 0 Å². The normalized spacial score (nSPS) is 24.5. The molecule has 0 radical (unpaired) electrons. The fraction of sp³-hybridized carbons (Fsp3) is 0.648. The number of carbonyl (C=O) groups is 1. The van der Waals surface area contributed by atoms with E-state index in [2.05, 4.69) is 153 Å². The fourth-order valence-electron chi connectivity index (χ4n) is 9.57. The van der Waals surface area contributed by atoms with Gasteiger partial charge < -0.3 is 65.1 Å². The van der Waals surface area contributed by atoms with E-state index in [1.807, 2.05) is 6.08 Å². The highest BCUT2D eigenvalue weighted by atomic mass is 16.7. The highest BCUT2D eigenvalue weighted by Crippen LogP contribution is 2.30. The molecule has 12 unspecified atom stereocenters. The van der Waals surface area contributed by atoms with E-state index >= 15 is 0 Å². The van der Waals surface area contributed by atoms with Crippen molar-refractivity contribution in [3.05, 3.63) is 146 Å². The van der Waals surface area contributed by atoms with Gasteiger partial charge >= 0.3 is 0 Å². The van der Waals surface area contributed by atoms with Gasteiger partial charge in [-0.2, -0.15) is 0 Å². The Kier molecular flexibility index (Phi) is 48.9. The molecule has 2 aliphatic heterocycles. The predicted octanol–water partition coefficient (Wildman–Crippen LogP) is 12.5. The topological polar surface area (TPSA) is 228 Å². The van der Waals surface area contributed by atoms with Gasteiger partial charge in [0.2, 0.25) is 5.91 Å². The summed E-state index contributed by atoms with van der Waals surface area (Å²) in [7, 11) is 0. The Hall–Kier alpha value is -4.13. The zero-order valence-corrected chi connectivity index (χ0v) is 52.0. The molecule has 2 heterocycles. The summed E-state index contributed by atoms with van der Waals surface area (Å²) >= 11 is 0. The van der Waals surface area contributed by atoms with Crippen LogP contribution in [0.1, 0.15) is 200 Å². The molecule has 0 aliphatic carbocycles. The Balaban J connectivity index is 1.59. The SMILES string of the molecule is CC/C=C\C/C=C\C/C=C\C/C=C\C/C=C\C/C=C\C/C=C\C/C=C\C/C=C\C/C=C\CCCCCCCCCCCCC(=O)NC(COC1OC(CO)C(OC2OC(CO)C(O)C(O)C2O)C(O)C1O)C(O)/C=C/CC/C=C/CCCCCC. The summed E-state index contributed by atoms with van der Waals surface area (Å²) in [5, 5.41) is 86.9. The monoisotopic (exact) mass is 1190 g/mol. The summed E-state index contributed by atoms with van der Waals surface area (Å²) in [5.74, 6) is -0.263. The average molecular weight is 1190 g/mol. The molecule has 85 heavy (non-hydrogen) atoms. The molecule has 0 aromatic heterocycles. The molecule has 1 amide bonds. The molecule has 0 bridgehead atoms. The number of rotatable bonds is 50. The lowest BCUT2D eigenvalue weighted by molar-refractivity contribution is -0.359. The van der Waals surface area contributed by atoms with Gasteiger partial charge in [0.25, 0.3) is 0 Å². The van der Waals surface area contributed by atoms with Crippen molar-refractivity contribution in [2.75, 3.05) is 19.8 Å². The number of aliphatic hydroxyl groups excluding tert-OH is 8. The molecular weight excluding hydrogens is 1070 g/mol. The number of unbranched alkanes of at least 4 members (excludes halogenated alkanes) is 15. The third kappa shape index (κ3) is 38.7. The van der Waals surface area contributed by atoms with Crippen molar-refractivity contribution >= 4 is 5.91 Å². The Morgan fingerprint density at radius 1 is 0.435 bits per heavy atom. The highest BCUT2D eigenvalue weighted by Gasteiger charge is 2.51. The number of aliphatic hydroxyl groups is 8. The zero-order chi connectivity index (χ0) is 61.6. The second-order valence-electron chi connectivity index (χ2n) is 22.1. The maximum atomic E-state index is 13.2. The number of nitrogens with one attached hydrogen (secondary N) is 1. The van der Waals surface area contributed by atoms with Crippen LogP contribution in [0.2, 0.25) is 0 Å². The maximum absolute atomic E-state index is 13.2. The molecule has 0 spiro atoms. The number of allylic oxidation sites excluding steroid dienone is 23. The van der Waals surface area contributed by atoms with Crippen LogP contribution < -0.4 is 5.32 Å². The van der Waals surface area contributed by atoms with Crippen molar-refractivity contribution in [3.63, 3.8) is 0 Å². The Morgan fingerprint density at radius 3 is 1.29 bits per heavy atom. The summed E-state index contributed by atoms with van der Waals surface area (Å²) in [6.45, 7) is 2.59. The van der Waals surface area contributed by atoms with E-state index in [9.17, 15) is 45.6 Å². The van der Waals surface area contributed by atoms with Crippen molar-refractivity contribution in [3.8, 4) is 0 Å². The number of carbonyl (C=O) groups excluding carboxylic acids is 1. The minimum atomic E-state index is -1.80. The van der Waals surface area contributed by atoms with Crippen LogP contribution in [0.5, 0.6) is 0 Å². The van der Waals surface area contributed by atoms with Crippen LogP contribution >= 0.6 is 0 Å². The van der Waals surface area contributed by atoms with Crippen molar-refractivity contribution in [2.45, 2.75) is 274 Å². The van der Waals surface area contributed by atoms with Crippen molar-refractivity contribution in [1.29, 1.82) is 0 Å². The minimum absolute atomic E-state index is 0.259. The van der Waals surface area contributed by atoms with Gasteiger partial charge in [0.15, 0.2) is 12.6 Å². The van der Waals surface area contributed by atoms with Crippen LogP contribution in [0.15, 0.2) is 146 Å². The molecular formula is C71H115NO13. The Labute approximate surface area is 513 Å².